The van der Waals surface area contributed by atoms with Crippen LogP contribution < -0.4 is 0 Å². The number of aromatic nitrogens is 1. The predicted molar refractivity (Wildman–Crippen MR) is 137 cm³/mol. The Bertz CT molecular complexity index is 1540. The minimum Gasteiger partial charge on any atom is -0.361 e. The first kappa shape index (κ1) is 21.3. The molecule has 1 amide bonds. The summed E-state index contributed by atoms with van der Waals surface area (Å²) >= 11 is 1.49. The first-order valence-electron chi connectivity index (χ1n) is 11.1. The summed E-state index contributed by atoms with van der Waals surface area (Å²) in [7, 11) is 0. The number of nitrogens with zero attached hydrogens (tertiary/aromatic N) is 4. The van der Waals surface area contributed by atoms with E-state index in [1.54, 1.807) is 12.1 Å². The number of para-hydroxylation sites is 2. The maximum atomic E-state index is 13.2. The molecule has 1 aromatic heterocycles. The lowest BCUT2D eigenvalue weighted by Gasteiger charge is -2.31. The van der Waals surface area contributed by atoms with E-state index in [-0.39, 0.29) is 11.6 Å². The molecule has 0 spiro atoms. The summed E-state index contributed by atoms with van der Waals surface area (Å²) in [6, 6.07) is 21.7. The maximum absolute atomic E-state index is 13.2. The Kier molecular flexibility index (Phi) is 5.18. The number of nitro benzene ring substituents is 1. The zero-order valence-corrected chi connectivity index (χ0v) is 19.2. The van der Waals surface area contributed by atoms with Gasteiger partial charge in [-0.3, -0.25) is 19.8 Å². The van der Waals surface area contributed by atoms with Crippen molar-refractivity contribution in [1.29, 1.82) is 0 Å². The van der Waals surface area contributed by atoms with Gasteiger partial charge in [-0.1, -0.05) is 54.2 Å². The Labute approximate surface area is 204 Å². The van der Waals surface area contributed by atoms with Crippen LogP contribution >= 0.6 is 11.8 Å². The summed E-state index contributed by atoms with van der Waals surface area (Å²) in [6.07, 6.45) is 2.45. The summed E-state index contributed by atoms with van der Waals surface area (Å²) in [5.41, 5.74) is 4.67. The molecule has 0 aliphatic carbocycles. The van der Waals surface area contributed by atoms with Gasteiger partial charge >= 0.3 is 0 Å². The minimum atomic E-state index is -0.499. The SMILES string of the molecule is O=C1N=C2c3ccccc3N=C(SCc3ccc([N+](=O)[O-])cc3)N2C1Cc1c[nH]c2ccccc12. The van der Waals surface area contributed by atoms with Gasteiger partial charge in [0.15, 0.2) is 5.17 Å². The number of H-pyrrole nitrogens is 1. The van der Waals surface area contributed by atoms with Gasteiger partial charge in [-0.2, -0.15) is 4.99 Å². The molecule has 1 unspecified atom stereocenters. The van der Waals surface area contributed by atoms with Gasteiger partial charge in [-0.05, 0) is 29.3 Å². The van der Waals surface area contributed by atoms with E-state index < -0.39 is 11.0 Å². The molecule has 0 bridgehead atoms. The van der Waals surface area contributed by atoms with Crippen LogP contribution in [-0.2, 0) is 17.0 Å². The van der Waals surface area contributed by atoms with Gasteiger partial charge in [0.25, 0.3) is 11.6 Å². The minimum absolute atomic E-state index is 0.0565. The molecular formula is C26H19N5O3S. The number of aliphatic imine (C=N–C) groups is 2. The average Bonchev–Trinajstić information content (AvgIpc) is 3.44. The molecule has 0 fully saturated rings. The van der Waals surface area contributed by atoms with E-state index in [1.165, 1.54) is 23.9 Å². The third kappa shape index (κ3) is 3.79. The molecule has 8 nitrogen and oxygen atoms in total. The van der Waals surface area contributed by atoms with Crippen LogP contribution in [0.25, 0.3) is 10.9 Å². The number of aromatic amines is 1. The first-order chi connectivity index (χ1) is 17.1. The Morgan fingerprint density at radius 3 is 2.60 bits per heavy atom. The molecule has 6 rings (SSSR count). The van der Waals surface area contributed by atoms with Crippen LogP contribution in [0.4, 0.5) is 11.4 Å². The number of nitro groups is 1. The van der Waals surface area contributed by atoms with Crippen molar-refractivity contribution in [2.45, 2.75) is 18.2 Å². The molecule has 3 heterocycles. The highest BCUT2D eigenvalue weighted by Gasteiger charge is 2.42. The number of carbonyl (C=O) groups excluding carboxylic acids is 1. The second-order valence-corrected chi connectivity index (χ2v) is 9.29. The molecule has 2 aliphatic rings. The molecule has 0 saturated heterocycles. The van der Waals surface area contributed by atoms with Crippen LogP contribution in [-0.4, -0.2) is 37.8 Å². The summed E-state index contributed by atoms with van der Waals surface area (Å²) < 4.78 is 0. The van der Waals surface area contributed by atoms with E-state index in [4.69, 9.17) is 4.99 Å². The summed E-state index contributed by atoms with van der Waals surface area (Å²) in [4.78, 5) is 38.3. The standard InChI is InChI=1S/C26H19N5O3S/c32-25-23(13-17-14-27-21-7-3-1-5-19(17)21)30-24(29-25)20-6-2-4-8-22(20)28-26(30)35-15-16-9-11-18(12-10-16)31(33)34/h1-12,14,23,27H,13,15H2. The van der Waals surface area contributed by atoms with Gasteiger partial charge in [0.1, 0.15) is 11.9 Å². The molecule has 1 atom stereocenters. The van der Waals surface area contributed by atoms with Crippen LogP contribution in [0.15, 0.2) is 89.0 Å². The van der Waals surface area contributed by atoms with E-state index in [0.717, 1.165) is 33.3 Å². The smallest absolute Gasteiger partial charge is 0.271 e. The van der Waals surface area contributed by atoms with Crippen molar-refractivity contribution >= 4 is 51.0 Å². The van der Waals surface area contributed by atoms with Crippen molar-refractivity contribution in [1.82, 2.24) is 9.88 Å². The lowest BCUT2D eigenvalue weighted by Crippen LogP contribution is -2.44. The zero-order valence-electron chi connectivity index (χ0n) is 18.4. The maximum Gasteiger partial charge on any atom is 0.271 e. The molecule has 0 radical (unpaired) electrons. The number of amides is 1. The lowest BCUT2D eigenvalue weighted by atomic mass is 10.0. The molecule has 9 heteroatoms. The predicted octanol–water partition coefficient (Wildman–Crippen LogP) is 5.21. The number of amidine groups is 2. The molecule has 172 valence electrons. The summed E-state index contributed by atoms with van der Waals surface area (Å²) in [5.74, 6) is 0.985. The number of thioether (sulfide) groups is 1. The van der Waals surface area contributed by atoms with E-state index in [1.807, 2.05) is 59.6 Å². The second-order valence-electron chi connectivity index (χ2n) is 8.35. The highest BCUT2D eigenvalue weighted by atomic mass is 32.2. The van der Waals surface area contributed by atoms with Gasteiger partial charge in [0.05, 0.1) is 10.6 Å². The Morgan fingerprint density at radius 1 is 1.00 bits per heavy atom. The van der Waals surface area contributed by atoms with Gasteiger partial charge in [-0.25, -0.2) is 4.99 Å². The average molecular weight is 482 g/mol. The van der Waals surface area contributed by atoms with E-state index in [2.05, 4.69) is 9.98 Å². The summed E-state index contributed by atoms with van der Waals surface area (Å²) in [5, 5.41) is 12.7. The number of carbonyl (C=O) groups is 1. The fourth-order valence-electron chi connectivity index (χ4n) is 4.47. The van der Waals surface area contributed by atoms with Gasteiger partial charge in [-0.15, -0.1) is 0 Å². The van der Waals surface area contributed by atoms with Gasteiger partial charge in [0, 0.05) is 47.0 Å². The van der Waals surface area contributed by atoms with E-state index >= 15 is 0 Å². The number of nitrogens with one attached hydrogen (secondary N) is 1. The van der Waals surface area contributed by atoms with Crippen molar-refractivity contribution in [2.75, 3.05) is 0 Å². The summed E-state index contributed by atoms with van der Waals surface area (Å²) in [6.45, 7) is 0. The van der Waals surface area contributed by atoms with Crippen molar-refractivity contribution in [3.8, 4) is 0 Å². The molecule has 3 aromatic carbocycles. The Hall–Kier alpha value is -4.24. The lowest BCUT2D eigenvalue weighted by molar-refractivity contribution is -0.384. The third-order valence-electron chi connectivity index (χ3n) is 6.21. The molecular weight excluding hydrogens is 462 g/mol. The highest BCUT2D eigenvalue weighted by molar-refractivity contribution is 8.13. The Balaban J connectivity index is 1.33. The first-order valence-corrected chi connectivity index (χ1v) is 12.1. The van der Waals surface area contributed by atoms with Crippen molar-refractivity contribution in [2.24, 2.45) is 9.98 Å². The molecule has 35 heavy (non-hydrogen) atoms. The number of non-ortho nitro benzene ring substituents is 1. The van der Waals surface area contributed by atoms with E-state index in [0.29, 0.717) is 23.2 Å². The van der Waals surface area contributed by atoms with Crippen LogP contribution in [0.5, 0.6) is 0 Å². The highest BCUT2D eigenvalue weighted by Crippen LogP contribution is 2.36. The van der Waals surface area contributed by atoms with Crippen LogP contribution in [0.1, 0.15) is 16.7 Å². The van der Waals surface area contributed by atoms with E-state index in [9.17, 15) is 14.9 Å². The zero-order chi connectivity index (χ0) is 23.9. The van der Waals surface area contributed by atoms with Crippen LogP contribution in [0, 0.1) is 10.1 Å². The van der Waals surface area contributed by atoms with Gasteiger partial charge < -0.3 is 4.98 Å². The fourth-order valence-corrected chi connectivity index (χ4v) is 5.48. The normalized spacial score (nSPS) is 16.6. The molecule has 4 aromatic rings. The Morgan fingerprint density at radius 2 is 1.77 bits per heavy atom. The topological polar surface area (TPSA) is 104 Å². The number of fused-ring (bicyclic) bond motifs is 4. The van der Waals surface area contributed by atoms with Crippen molar-refractivity contribution in [3.63, 3.8) is 0 Å². The molecule has 1 N–H and O–H groups in total. The van der Waals surface area contributed by atoms with Crippen molar-refractivity contribution in [3.05, 3.63) is 106 Å². The van der Waals surface area contributed by atoms with Crippen LogP contribution in [0.3, 0.4) is 0 Å². The van der Waals surface area contributed by atoms with Gasteiger partial charge in [0.2, 0.25) is 0 Å². The van der Waals surface area contributed by atoms with Crippen LogP contribution in [0.2, 0.25) is 0 Å². The monoisotopic (exact) mass is 481 g/mol. The second kappa shape index (κ2) is 8.52. The number of hydrogen-bond acceptors (Lipinski definition) is 6. The number of benzene rings is 3. The quantitative estimate of drug-likeness (QED) is 0.311. The fraction of sp³-hybridized carbons (Fsp3) is 0.115. The molecule has 2 aliphatic heterocycles. The largest absolute Gasteiger partial charge is 0.361 e. The number of hydrogen-bond donors (Lipinski definition) is 1. The third-order valence-corrected chi connectivity index (χ3v) is 7.24. The number of rotatable bonds is 5. The molecule has 0 saturated carbocycles. The van der Waals surface area contributed by atoms with Crippen molar-refractivity contribution < 1.29 is 9.72 Å².